The third kappa shape index (κ3) is 1.97. The minimum atomic E-state index is -0.394. The number of rotatable bonds is 3. The molecule has 84 valence electrons. The van der Waals surface area contributed by atoms with Crippen molar-refractivity contribution in [3.8, 4) is 0 Å². The quantitative estimate of drug-likeness (QED) is 0.546. The molecule has 15 heavy (non-hydrogen) atoms. The summed E-state index contributed by atoms with van der Waals surface area (Å²) in [4.78, 5) is 10.3. The van der Waals surface area contributed by atoms with Gasteiger partial charge in [-0.15, -0.1) is 0 Å². The lowest BCUT2D eigenvalue weighted by molar-refractivity contribution is -0.118. The van der Waals surface area contributed by atoms with E-state index in [1.807, 2.05) is 0 Å². The Bertz CT molecular complexity index is 263. The second-order valence-electron chi connectivity index (χ2n) is 4.14. The van der Waals surface area contributed by atoms with Gasteiger partial charge in [0, 0.05) is 25.9 Å². The van der Waals surface area contributed by atoms with Crippen molar-refractivity contribution in [1.82, 2.24) is 0 Å². The highest BCUT2D eigenvalue weighted by Crippen LogP contribution is 2.43. The highest BCUT2D eigenvalue weighted by Gasteiger charge is 2.48. The Morgan fingerprint density at radius 1 is 1.47 bits per heavy atom. The average molecular weight is 212 g/mol. The Morgan fingerprint density at radius 2 is 2.27 bits per heavy atom. The zero-order chi connectivity index (χ0) is 10.8. The fraction of sp³-hybridized carbons (Fsp3) is 0.727. The van der Waals surface area contributed by atoms with Crippen LogP contribution in [0.4, 0.5) is 0 Å². The molecular formula is C11H16O4. The van der Waals surface area contributed by atoms with Gasteiger partial charge in [-0.2, -0.15) is 0 Å². The molecule has 1 aliphatic heterocycles. The number of hydrogen-bond donors (Lipinski definition) is 1. The predicted octanol–water partition coefficient (Wildman–Crippen LogP) is 0.500. The minimum Gasteiger partial charge on any atom is -0.392 e. The summed E-state index contributed by atoms with van der Waals surface area (Å²) in [5, 5.41) is 9.79. The lowest BCUT2D eigenvalue weighted by atomic mass is 9.92. The van der Waals surface area contributed by atoms with Gasteiger partial charge in [0.05, 0.1) is 12.2 Å². The van der Waals surface area contributed by atoms with Gasteiger partial charge in [-0.1, -0.05) is 6.08 Å². The minimum absolute atomic E-state index is 0.0281. The Kier molecular flexibility index (Phi) is 3.19. The third-order valence-corrected chi connectivity index (χ3v) is 3.36. The van der Waals surface area contributed by atoms with Crippen LogP contribution >= 0.6 is 0 Å². The molecule has 2 rings (SSSR count). The number of methoxy groups -OCH3 is 1. The lowest BCUT2D eigenvalue weighted by Gasteiger charge is -2.16. The van der Waals surface area contributed by atoms with E-state index in [0.29, 0.717) is 6.42 Å². The first-order valence-electron chi connectivity index (χ1n) is 5.24. The van der Waals surface area contributed by atoms with Gasteiger partial charge in [0.1, 0.15) is 6.29 Å². The number of aliphatic hydroxyl groups is 1. The maximum absolute atomic E-state index is 10.3. The summed E-state index contributed by atoms with van der Waals surface area (Å²) in [5.74, 6) is 0.307. The second-order valence-corrected chi connectivity index (χ2v) is 4.14. The van der Waals surface area contributed by atoms with Crippen LogP contribution in [0.3, 0.4) is 0 Å². The average Bonchev–Trinajstić information content (AvgIpc) is 2.72. The van der Waals surface area contributed by atoms with Crippen molar-refractivity contribution in [1.29, 1.82) is 0 Å². The Hall–Kier alpha value is -0.710. The van der Waals surface area contributed by atoms with E-state index in [1.54, 1.807) is 13.2 Å². The number of fused-ring (bicyclic) bond motifs is 1. The molecule has 1 saturated carbocycles. The van der Waals surface area contributed by atoms with Crippen LogP contribution in [0.25, 0.3) is 0 Å². The van der Waals surface area contributed by atoms with Gasteiger partial charge in [0.25, 0.3) is 0 Å². The zero-order valence-electron chi connectivity index (χ0n) is 8.70. The summed E-state index contributed by atoms with van der Waals surface area (Å²) in [7, 11) is 1.62. The standard InChI is InChI=1S/C11H16O4/c1-14-11-5-8-7(3-2-4-12)9(13)6-10(8)15-11/h2-4,7-11,13H,5-6H2,1H3/b3-2+/t7-,8-,9-,10+,11-/m0/s1. The van der Waals surface area contributed by atoms with Crippen molar-refractivity contribution in [3.05, 3.63) is 12.2 Å². The molecule has 0 aromatic rings. The van der Waals surface area contributed by atoms with Crippen LogP contribution < -0.4 is 0 Å². The molecule has 0 spiro atoms. The van der Waals surface area contributed by atoms with Gasteiger partial charge in [0.2, 0.25) is 0 Å². The van der Waals surface area contributed by atoms with Crippen molar-refractivity contribution in [2.45, 2.75) is 31.3 Å². The maximum Gasteiger partial charge on any atom is 0.157 e. The molecule has 0 aromatic carbocycles. The summed E-state index contributed by atoms with van der Waals surface area (Å²) in [6.07, 6.45) is 4.94. The summed E-state index contributed by atoms with van der Waals surface area (Å²) in [6.45, 7) is 0. The number of hydrogen-bond acceptors (Lipinski definition) is 4. The molecule has 4 heteroatoms. The predicted molar refractivity (Wildman–Crippen MR) is 53.1 cm³/mol. The van der Waals surface area contributed by atoms with Crippen LogP contribution in [-0.4, -0.2) is 37.0 Å². The third-order valence-electron chi connectivity index (χ3n) is 3.36. The van der Waals surface area contributed by atoms with Crippen LogP contribution in [0, 0.1) is 11.8 Å². The molecule has 1 aliphatic carbocycles. The van der Waals surface area contributed by atoms with Crippen LogP contribution in [0.5, 0.6) is 0 Å². The van der Waals surface area contributed by atoms with Crippen LogP contribution in [0.1, 0.15) is 12.8 Å². The van der Waals surface area contributed by atoms with Crippen molar-refractivity contribution in [2.24, 2.45) is 11.8 Å². The smallest absolute Gasteiger partial charge is 0.157 e. The highest BCUT2D eigenvalue weighted by molar-refractivity contribution is 5.64. The number of ether oxygens (including phenoxy) is 2. The fourth-order valence-electron chi connectivity index (χ4n) is 2.64. The molecule has 1 N–H and O–H groups in total. The maximum atomic E-state index is 10.3. The number of aldehydes is 1. The Balaban J connectivity index is 2.05. The Morgan fingerprint density at radius 3 is 2.93 bits per heavy atom. The van der Waals surface area contributed by atoms with E-state index in [-0.39, 0.29) is 24.2 Å². The normalized spacial score (nSPS) is 44.8. The molecule has 4 nitrogen and oxygen atoms in total. The highest BCUT2D eigenvalue weighted by atomic mass is 16.7. The van der Waals surface area contributed by atoms with Crippen molar-refractivity contribution >= 4 is 6.29 Å². The summed E-state index contributed by atoms with van der Waals surface area (Å²) < 4.78 is 10.7. The first-order chi connectivity index (χ1) is 7.26. The van der Waals surface area contributed by atoms with E-state index < -0.39 is 6.10 Å². The van der Waals surface area contributed by atoms with E-state index in [9.17, 15) is 9.90 Å². The summed E-state index contributed by atoms with van der Waals surface area (Å²) in [5.41, 5.74) is 0. The molecule has 0 bridgehead atoms. The van der Waals surface area contributed by atoms with Gasteiger partial charge in [-0.25, -0.2) is 0 Å². The zero-order valence-corrected chi connectivity index (χ0v) is 8.70. The first-order valence-corrected chi connectivity index (χ1v) is 5.24. The molecule has 0 radical (unpaired) electrons. The van der Waals surface area contributed by atoms with Crippen molar-refractivity contribution in [2.75, 3.05) is 7.11 Å². The van der Waals surface area contributed by atoms with Crippen molar-refractivity contribution < 1.29 is 19.4 Å². The van der Waals surface area contributed by atoms with Gasteiger partial charge in [-0.3, -0.25) is 4.79 Å². The van der Waals surface area contributed by atoms with Gasteiger partial charge in [-0.05, 0) is 12.0 Å². The van der Waals surface area contributed by atoms with E-state index in [1.165, 1.54) is 6.08 Å². The SMILES string of the molecule is CO[C@@H]1C[C@H]2[C@H](/C=C/C=O)[C@@H](O)C[C@H]2O1. The lowest BCUT2D eigenvalue weighted by Crippen LogP contribution is -2.19. The molecule has 5 atom stereocenters. The van der Waals surface area contributed by atoms with E-state index in [0.717, 1.165) is 12.7 Å². The fourth-order valence-corrected chi connectivity index (χ4v) is 2.64. The number of carbonyl (C=O) groups is 1. The monoisotopic (exact) mass is 212 g/mol. The van der Waals surface area contributed by atoms with Crippen LogP contribution in [0.15, 0.2) is 12.2 Å². The number of carbonyl (C=O) groups excluding carboxylic acids is 1. The number of allylic oxidation sites excluding steroid dienone is 1. The molecular weight excluding hydrogens is 196 g/mol. The first kappa shape index (κ1) is 10.8. The molecule has 1 heterocycles. The van der Waals surface area contributed by atoms with Crippen molar-refractivity contribution in [3.63, 3.8) is 0 Å². The molecule has 1 saturated heterocycles. The molecule has 0 amide bonds. The summed E-state index contributed by atoms with van der Waals surface area (Å²) in [6, 6.07) is 0. The van der Waals surface area contributed by atoms with Gasteiger partial charge < -0.3 is 14.6 Å². The Labute approximate surface area is 88.9 Å². The molecule has 2 fully saturated rings. The summed E-state index contributed by atoms with van der Waals surface area (Å²) >= 11 is 0. The van der Waals surface area contributed by atoms with E-state index in [2.05, 4.69) is 0 Å². The molecule has 0 aromatic heterocycles. The van der Waals surface area contributed by atoms with Crippen LogP contribution in [0.2, 0.25) is 0 Å². The van der Waals surface area contributed by atoms with Gasteiger partial charge in [0.15, 0.2) is 6.29 Å². The second kappa shape index (κ2) is 4.43. The van der Waals surface area contributed by atoms with Gasteiger partial charge >= 0.3 is 0 Å². The van der Waals surface area contributed by atoms with Crippen LogP contribution in [-0.2, 0) is 14.3 Å². The molecule has 0 unspecified atom stereocenters. The van der Waals surface area contributed by atoms with E-state index in [4.69, 9.17) is 9.47 Å². The topological polar surface area (TPSA) is 55.8 Å². The largest absolute Gasteiger partial charge is 0.392 e. The number of aliphatic hydroxyl groups excluding tert-OH is 1. The molecule has 2 aliphatic rings. The van der Waals surface area contributed by atoms with E-state index >= 15 is 0 Å².